The smallest absolute Gasteiger partial charge is 0.223 e. The van der Waals surface area contributed by atoms with E-state index in [1.54, 1.807) is 6.07 Å². The molecule has 5 heteroatoms. The fourth-order valence-corrected chi connectivity index (χ4v) is 3.09. The van der Waals surface area contributed by atoms with Gasteiger partial charge in [-0.3, -0.25) is 4.79 Å². The minimum atomic E-state index is -1.11. The first-order valence-electron chi connectivity index (χ1n) is 7.31. The van der Waals surface area contributed by atoms with Gasteiger partial charge in [0.05, 0.1) is 0 Å². The van der Waals surface area contributed by atoms with E-state index < -0.39 is 17.8 Å². The topological polar surface area (TPSA) is 69.2 Å². The first-order chi connectivity index (χ1) is 10.1. The van der Waals surface area contributed by atoms with Crippen LogP contribution in [0, 0.1) is 11.8 Å². The van der Waals surface area contributed by atoms with Crippen LogP contribution in [0.1, 0.15) is 31.2 Å². The molecule has 114 valence electrons. The molecule has 21 heavy (non-hydrogen) atoms. The molecule has 2 atom stereocenters. The average molecular weight is 309 g/mol. The number of hydrogen-bond donors (Lipinski definition) is 1. The highest BCUT2D eigenvalue weighted by molar-refractivity contribution is 6.30. The van der Waals surface area contributed by atoms with E-state index in [2.05, 4.69) is 5.32 Å². The zero-order chi connectivity index (χ0) is 15.2. The first-order valence-corrected chi connectivity index (χ1v) is 7.68. The molecular formula is C16H19ClNO3-. The Kier molecular flexibility index (Phi) is 5.62. The minimum absolute atomic E-state index is 0.175. The first kappa shape index (κ1) is 15.8. The number of amides is 1. The lowest BCUT2D eigenvalue weighted by molar-refractivity contribution is -0.314. The van der Waals surface area contributed by atoms with Crippen molar-refractivity contribution >= 4 is 23.5 Å². The largest absolute Gasteiger partial charge is 0.550 e. The van der Waals surface area contributed by atoms with Gasteiger partial charge in [-0.2, -0.15) is 0 Å². The van der Waals surface area contributed by atoms with E-state index in [-0.39, 0.29) is 5.91 Å². The van der Waals surface area contributed by atoms with Crippen molar-refractivity contribution in [3.8, 4) is 0 Å². The molecule has 1 aromatic rings. The summed E-state index contributed by atoms with van der Waals surface area (Å²) < 4.78 is 0. The van der Waals surface area contributed by atoms with Crippen molar-refractivity contribution < 1.29 is 14.7 Å². The second-order valence-electron chi connectivity index (χ2n) is 5.49. The Morgan fingerprint density at radius 2 is 1.95 bits per heavy atom. The fraction of sp³-hybridized carbons (Fsp3) is 0.500. The van der Waals surface area contributed by atoms with Gasteiger partial charge >= 0.3 is 0 Å². The summed E-state index contributed by atoms with van der Waals surface area (Å²) in [6, 6.07) is 7.48. The van der Waals surface area contributed by atoms with E-state index in [9.17, 15) is 14.7 Å². The number of nitrogens with one attached hydrogen (secondary N) is 1. The Labute approximate surface area is 129 Å². The zero-order valence-corrected chi connectivity index (χ0v) is 12.6. The summed E-state index contributed by atoms with van der Waals surface area (Å²) in [4.78, 5) is 23.2. The molecule has 1 aliphatic rings. The summed E-state index contributed by atoms with van der Waals surface area (Å²) in [5.74, 6) is -2.39. The van der Waals surface area contributed by atoms with Crippen LogP contribution in [0.3, 0.4) is 0 Å². The fourth-order valence-electron chi connectivity index (χ4n) is 2.88. The van der Waals surface area contributed by atoms with Gasteiger partial charge in [-0.05, 0) is 37.0 Å². The molecule has 1 aromatic carbocycles. The number of aliphatic carboxylic acids is 1. The van der Waals surface area contributed by atoms with Crippen molar-refractivity contribution in [2.24, 2.45) is 11.8 Å². The monoisotopic (exact) mass is 308 g/mol. The van der Waals surface area contributed by atoms with Crippen LogP contribution in [-0.4, -0.2) is 18.4 Å². The molecule has 0 aromatic heterocycles. The highest BCUT2D eigenvalue weighted by atomic mass is 35.5. The molecule has 0 aliphatic heterocycles. The predicted molar refractivity (Wildman–Crippen MR) is 78.6 cm³/mol. The molecule has 0 saturated heterocycles. The lowest BCUT2D eigenvalue weighted by atomic mass is 9.78. The van der Waals surface area contributed by atoms with Crippen molar-refractivity contribution in [1.82, 2.24) is 5.32 Å². The van der Waals surface area contributed by atoms with Gasteiger partial charge in [0, 0.05) is 29.4 Å². The van der Waals surface area contributed by atoms with E-state index in [1.807, 2.05) is 18.2 Å². The predicted octanol–water partition coefficient (Wildman–Crippen LogP) is 1.55. The van der Waals surface area contributed by atoms with Gasteiger partial charge in [-0.15, -0.1) is 0 Å². The summed E-state index contributed by atoms with van der Waals surface area (Å²) in [5.41, 5.74) is 1.04. The summed E-state index contributed by atoms with van der Waals surface area (Å²) in [7, 11) is 0. The normalized spacial score (nSPS) is 21.8. The summed E-state index contributed by atoms with van der Waals surface area (Å²) in [6.07, 6.45) is 3.59. The van der Waals surface area contributed by atoms with Gasteiger partial charge < -0.3 is 15.2 Å². The molecule has 0 unspecified atom stereocenters. The molecule has 1 amide bonds. The zero-order valence-electron chi connectivity index (χ0n) is 11.8. The van der Waals surface area contributed by atoms with Gasteiger partial charge in [0.15, 0.2) is 0 Å². The van der Waals surface area contributed by atoms with E-state index in [1.165, 1.54) is 0 Å². The number of carboxylic acid groups (broad SMARTS) is 1. The third kappa shape index (κ3) is 4.46. The second-order valence-corrected chi connectivity index (χ2v) is 5.92. The molecule has 1 fully saturated rings. The number of carbonyl (C=O) groups is 2. The van der Waals surface area contributed by atoms with Crippen LogP contribution < -0.4 is 10.4 Å². The van der Waals surface area contributed by atoms with E-state index >= 15 is 0 Å². The highest BCUT2D eigenvalue weighted by Gasteiger charge is 2.31. The van der Waals surface area contributed by atoms with Crippen molar-refractivity contribution in [1.29, 1.82) is 0 Å². The molecule has 1 aliphatic carbocycles. The van der Waals surface area contributed by atoms with Crippen LogP contribution in [0.25, 0.3) is 0 Å². The molecule has 0 radical (unpaired) electrons. The maximum Gasteiger partial charge on any atom is 0.223 e. The maximum atomic E-state index is 12.1. The molecule has 1 N–H and O–H groups in total. The van der Waals surface area contributed by atoms with Crippen LogP contribution in [-0.2, 0) is 16.0 Å². The Hall–Kier alpha value is -1.55. The summed E-state index contributed by atoms with van der Waals surface area (Å²) in [6.45, 7) is 0.482. The number of carbonyl (C=O) groups excluding carboxylic acids is 2. The Bertz CT molecular complexity index is 518. The summed E-state index contributed by atoms with van der Waals surface area (Å²) in [5, 5.41) is 14.6. The van der Waals surface area contributed by atoms with Gasteiger partial charge in [-0.1, -0.05) is 36.6 Å². The standard InChI is InChI=1S/C16H20ClNO3/c17-12-5-3-4-11(10-12)8-9-18-15(19)13-6-1-2-7-14(13)16(20)21/h3-5,10,13-14H,1-2,6-9H2,(H,18,19)(H,20,21)/p-1/t13-,14+/m1/s1. The molecule has 2 rings (SSSR count). The number of benzene rings is 1. The molecule has 0 spiro atoms. The molecule has 4 nitrogen and oxygen atoms in total. The average Bonchev–Trinajstić information content (AvgIpc) is 2.47. The lowest BCUT2D eigenvalue weighted by Gasteiger charge is -2.31. The molecule has 0 heterocycles. The van der Waals surface area contributed by atoms with Crippen LogP contribution in [0.15, 0.2) is 24.3 Å². The molecule has 1 saturated carbocycles. The second kappa shape index (κ2) is 7.46. The van der Waals surface area contributed by atoms with Gasteiger partial charge in [0.1, 0.15) is 0 Å². The number of halogens is 1. The molecule has 0 bridgehead atoms. The molecular weight excluding hydrogens is 290 g/mol. The van der Waals surface area contributed by atoms with Crippen molar-refractivity contribution in [2.75, 3.05) is 6.54 Å². The maximum absolute atomic E-state index is 12.1. The van der Waals surface area contributed by atoms with Gasteiger partial charge in [0.25, 0.3) is 0 Å². The van der Waals surface area contributed by atoms with Gasteiger partial charge in [-0.25, -0.2) is 0 Å². The SMILES string of the molecule is O=C([O-])[C@H]1CCCC[C@H]1C(=O)NCCc1cccc(Cl)c1. The quantitative estimate of drug-likeness (QED) is 0.897. The number of carboxylic acids is 1. The number of rotatable bonds is 5. The van der Waals surface area contributed by atoms with Crippen LogP contribution in [0.5, 0.6) is 0 Å². The Morgan fingerprint density at radius 3 is 2.62 bits per heavy atom. The third-order valence-electron chi connectivity index (χ3n) is 4.01. The Balaban J connectivity index is 1.84. The van der Waals surface area contributed by atoms with Crippen molar-refractivity contribution in [3.63, 3.8) is 0 Å². The van der Waals surface area contributed by atoms with Crippen molar-refractivity contribution in [3.05, 3.63) is 34.9 Å². The Morgan fingerprint density at radius 1 is 1.24 bits per heavy atom. The summed E-state index contributed by atoms with van der Waals surface area (Å²) >= 11 is 5.90. The third-order valence-corrected chi connectivity index (χ3v) is 4.24. The van der Waals surface area contributed by atoms with E-state index in [0.29, 0.717) is 30.8 Å². The van der Waals surface area contributed by atoms with Crippen LogP contribution in [0.4, 0.5) is 0 Å². The van der Waals surface area contributed by atoms with E-state index in [0.717, 1.165) is 18.4 Å². The minimum Gasteiger partial charge on any atom is -0.550 e. The number of hydrogen-bond acceptors (Lipinski definition) is 3. The van der Waals surface area contributed by atoms with E-state index in [4.69, 9.17) is 11.6 Å². The van der Waals surface area contributed by atoms with Crippen LogP contribution >= 0.6 is 11.6 Å². The van der Waals surface area contributed by atoms with Gasteiger partial charge in [0.2, 0.25) is 5.91 Å². The lowest BCUT2D eigenvalue weighted by Crippen LogP contribution is -2.44. The van der Waals surface area contributed by atoms with Crippen molar-refractivity contribution in [2.45, 2.75) is 32.1 Å². The van der Waals surface area contributed by atoms with Crippen LogP contribution in [0.2, 0.25) is 5.02 Å². The highest BCUT2D eigenvalue weighted by Crippen LogP contribution is 2.29.